The second-order valence-corrected chi connectivity index (χ2v) is 7.33. The van der Waals surface area contributed by atoms with Gasteiger partial charge in [0.05, 0.1) is 11.6 Å². The highest BCUT2D eigenvalue weighted by molar-refractivity contribution is 7.17. The van der Waals surface area contributed by atoms with Crippen molar-refractivity contribution in [3.05, 3.63) is 39.9 Å². The van der Waals surface area contributed by atoms with Crippen molar-refractivity contribution in [1.82, 2.24) is 9.88 Å². The van der Waals surface area contributed by atoms with Crippen LogP contribution in [-0.4, -0.2) is 40.0 Å². The number of carboxylic acid groups (broad SMARTS) is 1. The average molecular weight is 344 g/mol. The van der Waals surface area contributed by atoms with Gasteiger partial charge in [0, 0.05) is 18.7 Å². The van der Waals surface area contributed by atoms with Crippen LogP contribution in [0, 0.1) is 26.7 Å². The third-order valence-corrected chi connectivity index (χ3v) is 5.61. The Kier molecular flexibility index (Phi) is 4.41. The Morgan fingerprint density at radius 1 is 1.29 bits per heavy atom. The number of aliphatic carboxylic acids is 1. The zero-order chi connectivity index (χ0) is 17.4. The number of hydrogen-bond acceptors (Lipinski definition) is 4. The summed E-state index contributed by atoms with van der Waals surface area (Å²) in [5, 5.41) is 9.93. The number of benzene rings is 1. The van der Waals surface area contributed by atoms with Crippen molar-refractivity contribution >= 4 is 23.2 Å². The van der Waals surface area contributed by atoms with Gasteiger partial charge in [0.25, 0.3) is 5.91 Å². The first-order valence-electron chi connectivity index (χ1n) is 7.94. The summed E-state index contributed by atoms with van der Waals surface area (Å²) in [7, 11) is 0. The molecule has 1 saturated heterocycles. The molecule has 5 nitrogen and oxygen atoms in total. The van der Waals surface area contributed by atoms with E-state index in [1.54, 1.807) is 4.90 Å². The van der Waals surface area contributed by atoms with Crippen LogP contribution in [0.5, 0.6) is 0 Å². The lowest BCUT2D eigenvalue weighted by molar-refractivity contribution is -0.141. The maximum absolute atomic E-state index is 12.7. The van der Waals surface area contributed by atoms with Gasteiger partial charge in [-0.25, -0.2) is 4.98 Å². The quantitative estimate of drug-likeness (QED) is 0.927. The highest BCUT2D eigenvalue weighted by Crippen LogP contribution is 2.32. The lowest BCUT2D eigenvalue weighted by Crippen LogP contribution is -2.29. The van der Waals surface area contributed by atoms with E-state index < -0.39 is 11.9 Å². The molecule has 2 heterocycles. The van der Waals surface area contributed by atoms with Crippen LogP contribution >= 0.6 is 11.3 Å². The molecule has 1 aromatic heterocycles. The molecule has 1 aliphatic heterocycles. The predicted octanol–water partition coefficient (Wildman–Crippen LogP) is 3.28. The third kappa shape index (κ3) is 3.06. The van der Waals surface area contributed by atoms with Crippen LogP contribution in [0.3, 0.4) is 0 Å². The highest BCUT2D eigenvalue weighted by atomic mass is 32.1. The second-order valence-electron chi connectivity index (χ2n) is 6.33. The molecule has 1 amide bonds. The lowest BCUT2D eigenvalue weighted by atomic mass is 10.1. The summed E-state index contributed by atoms with van der Waals surface area (Å²) in [6, 6.07) is 6.18. The van der Waals surface area contributed by atoms with Gasteiger partial charge >= 0.3 is 5.97 Å². The van der Waals surface area contributed by atoms with Gasteiger partial charge in [-0.2, -0.15) is 0 Å². The van der Waals surface area contributed by atoms with E-state index in [0.717, 1.165) is 16.1 Å². The Labute approximate surface area is 145 Å². The molecular formula is C18H20N2O3S. The summed E-state index contributed by atoms with van der Waals surface area (Å²) >= 11 is 1.39. The summed E-state index contributed by atoms with van der Waals surface area (Å²) in [6.45, 7) is 6.70. The van der Waals surface area contributed by atoms with Crippen LogP contribution in [0.25, 0.3) is 10.6 Å². The van der Waals surface area contributed by atoms with E-state index in [9.17, 15) is 9.59 Å². The van der Waals surface area contributed by atoms with E-state index in [0.29, 0.717) is 23.5 Å². The van der Waals surface area contributed by atoms with Gasteiger partial charge in [0.2, 0.25) is 0 Å². The standard InChI is InChI=1S/C18H20N2O3S/c1-10-4-5-14(11(2)8-10)16-19-12(3)15(24-16)17(21)20-7-6-13(9-20)18(22)23/h4-5,8,13H,6-7,9H2,1-3H3,(H,22,23)/t13-/m1/s1. The van der Waals surface area contributed by atoms with Crippen LogP contribution in [0.1, 0.15) is 32.9 Å². The molecule has 1 fully saturated rings. The number of carbonyl (C=O) groups is 2. The maximum atomic E-state index is 12.7. The van der Waals surface area contributed by atoms with Crippen molar-refractivity contribution in [2.75, 3.05) is 13.1 Å². The summed E-state index contributed by atoms with van der Waals surface area (Å²) in [5.74, 6) is -1.40. The largest absolute Gasteiger partial charge is 0.481 e. The molecule has 0 unspecified atom stereocenters. The molecule has 0 saturated carbocycles. The molecule has 2 aromatic rings. The predicted molar refractivity (Wildman–Crippen MR) is 93.4 cm³/mol. The molecule has 24 heavy (non-hydrogen) atoms. The Morgan fingerprint density at radius 3 is 2.67 bits per heavy atom. The van der Waals surface area contributed by atoms with Crippen molar-refractivity contribution in [3.8, 4) is 10.6 Å². The Morgan fingerprint density at radius 2 is 2.04 bits per heavy atom. The van der Waals surface area contributed by atoms with Gasteiger partial charge in [-0.1, -0.05) is 23.8 Å². The Balaban J connectivity index is 1.87. The number of thiazole rings is 1. The first kappa shape index (κ1) is 16.6. The summed E-state index contributed by atoms with van der Waals surface area (Å²) in [6.07, 6.45) is 0.517. The van der Waals surface area contributed by atoms with E-state index in [1.807, 2.05) is 32.9 Å². The Hall–Kier alpha value is -2.21. The summed E-state index contributed by atoms with van der Waals surface area (Å²) < 4.78 is 0. The number of carboxylic acids is 1. The number of rotatable bonds is 3. The SMILES string of the molecule is Cc1ccc(-c2nc(C)c(C(=O)N3CC[C@@H](C(=O)O)C3)s2)c(C)c1. The van der Waals surface area contributed by atoms with Gasteiger partial charge in [-0.05, 0) is 32.8 Å². The molecule has 126 valence electrons. The van der Waals surface area contributed by atoms with Crippen LogP contribution in [0.2, 0.25) is 0 Å². The molecule has 3 rings (SSSR count). The normalized spacial score (nSPS) is 17.3. The number of amides is 1. The Bertz CT molecular complexity index is 813. The van der Waals surface area contributed by atoms with E-state index in [4.69, 9.17) is 5.11 Å². The first-order chi connectivity index (χ1) is 11.4. The van der Waals surface area contributed by atoms with Gasteiger partial charge < -0.3 is 10.0 Å². The van der Waals surface area contributed by atoms with Gasteiger partial charge in [-0.15, -0.1) is 11.3 Å². The molecule has 1 N–H and O–H groups in total. The number of hydrogen-bond donors (Lipinski definition) is 1. The van der Waals surface area contributed by atoms with E-state index in [1.165, 1.54) is 16.9 Å². The lowest BCUT2D eigenvalue weighted by Gasteiger charge is -2.14. The zero-order valence-corrected chi connectivity index (χ0v) is 14.8. The molecule has 1 atom stereocenters. The van der Waals surface area contributed by atoms with Gasteiger partial charge in [0.1, 0.15) is 9.88 Å². The molecular weight excluding hydrogens is 324 g/mol. The smallest absolute Gasteiger partial charge is 0.308 e. The van der Waals surface area contributed by atoms with E-state index in [2.05, 4.69) is 11.1 Å². The minimum Gasteiger partial charge on any atom is -0.481 e. The number of aryl methyl sites for hydroxylation is 3. The monoisotopic (exact) mass is 344 g/mol. The topological polar surface area (TPSA) is 70.5 Å². The van der Waals surface area contributed by atoms with E-state index >= 15 is 0 Å². The third-order valence-electron chi connectivity index (χ3n) is 4.43. The number of carbonyl (C=O) groups excluding carboxylic acids is 1. The summed E-state index contributed by atoms with van der Waals surface area (Å²) in [4.78, 5) is 30.6. The van der Waals surface area contributed by atoms with Crippen molar-refractivity contribution in [1.29, 1.82) is 0 Å². The van der Waals surface area contributed by atoms with Crippen molar-refractivity contribution in [2.24, 2.45) is 5.92 Å². The minimum absolute atomic E-state index is 0.107. The second kappa shape index (κ2) is 6.36. The number of nitrogens with zero attached hydrogens (tertiary/aromatic N) is 2. The first-order valence-corrected chi connectivity index (χ1v) is 8.75. The van der Waals surface area contributed by atoms with Crippen molar-refractivity contribution < 1.29 is 14.7 Å². The van der Waals surface area contributed by atoms with Crippen molar-refractivity contribution in [2.45, 2.75) is 27.2 Å². The number of likely N-dealkylation sites (tertiary alicyclic amines) is 1. The summed E-state index contributed by atoms with van der Waals surface area (Å²) in [5.41, 5.74) is 4.07. The fourth-order valence-corrected chi connectivity index (χ4v) is 4.18. The van der Waals surface area contributed by atoms with E-state index in [-0.39, 0.29) is 12.5 Å². The maximum Gasteiger partial charge on any atom is 0.308 e. The van der Waals surface area contributed by atoms with Crippen LogP contribution < -0.4 is 0 Å². The fraction of sp³-hybridized carbons (Fsp3) is 0.389. The molecule has 0 aliphatic carbocycles. The molecule has 1 aliphatic rings. The minimum atomic E-state index is -0.831. The fourth-order valence-electron chi connectivity index (χ4n) is 3.05. The molecule has 0 bridgehead atoms. The molecule has 1 aromatic carbocycles. The zero-order valence-electron chi connectivity index (χ0n) is 14.0. The number of aromatic nitrogens is 1. The van der Waals surface area contributed by atoms with Crippen LogP contribution in [0.15, 0.2) is 18.2 Å². The van der Waals surface area contributed by atoms with Crippen molar-refractivity contribution in [3.63, 3.8) is 0 Å². The van der Waals surface area contributed by atoms with Crippen LogP contribution in [0.4, 0.5) is 0 Å². The van der Waals surface area contributed by atoms with Gasteiger partial charge in [-0.3, -0.25) is 9.59 Å². The molecule has 6 heteroatoms. The highest BCUT2D eigenvalue weighted by Gasteiger charge is 2.32. The molecule has 0 radical (unpaired) electrons. The van der Waals surface area contributed by atoms with Crippen LogP contribution in [-0.2, 0) is 4.79 Å². The molecule has 0 spiro atoms. The average Bonchev–Trinajstić information content (AvgIpc) is 3.13. The van der Waals surface area contributed by atoms with Gasteiger partial charge in [0.15, 0.2) is 0 Å².